The molecular weight excluding hydrogens is 204 g/mol. The summed E-state index contributed by atoms with van der Waals surface area (Å²) in [6.45, 7) is 2.85. The molecule has 5 heteroatoms. The summed E-state index contributed by atoms with van der Waals surface area (Å²) < 4.78 is 0. The van der Waals surface area contributed by atoms with Gasteiger partial charge in [-0.25, -0.2) is 0 Å². The highest BCUT2D eigenvalue weighted by atomic mass is 16.4. The van der Waals surface area contributed by atoms with Crippen molar-refractivity contribution in [3.8, 4) is 0 Å². The molecule has 0 amide bonds. The molecule has 1 atom stereocenters. The molecule has 0 aliphatic carbocycles. The lowest BCUT2D eigenvalue weighted by Gasteiger charge is -2.12. The lowest BCUT2D eigenvalue weighted by molar-refractivity contribution is 0.316. The van der Waals surface area contributed by atoms with E-state index >= 15 is 0 Å². The van der Waals surface area contributed by atoms with E-state index in [0.29, 0.717) is 6.42 Å². The van der Waals surface area contributed by atoms with Crippen LogP contribution >= 0.6 is 0 Å². The third-order valence-corrected chi connectivity index (χ3v) is 2.27. The van der Waals surface area contributed by atoms with Gasteiger partial charge in [-0.2, -0.15) is 0 Å². The molecule has 88 valence electrons. The first-order chi connectivity index (χ1) is 7.72. The van der Waals surface area contributed by atoms with Crippen LogP contribution in [0.25, 0.3) is 0 Å². The van der Waals surface area contributed by atoms with Crippen molar-refractivity contribution in [2.75, 3.05) is 6.54 Å². The van der Waals surface area contributed by atoms with Crippen LogP contribution in [0.15, 0.2) is 29.7 Å². The molecule has 0 fully saturated rings. The number of amidine groups is 1. The highest BCUT2D eigenvalue weighted by Gasteiger charge is 2.03. The van der Waals surface area contributed by atoms with Crippen LogP contribution in [0.5, 0.6) is 0 Å². The number of rotatable bonds is 6. The zero-order valence-electron chi connectivity index (χ0n) is 9.43. The first-order valence-electron chi connectivity index (χ1n) is 5.31. The Morgan fingerprint density at radius 1 is 1.69 bits per heavy atom. The predicted octanol–water partition coefficient (Wildman–Crippen LogP) is 0.739. The Morgan fingerprint density at radius 3 is 3.12 bits per heavy atom. The van der Waals surface area contributed by atoms with Crippen LogP contribution < -0.4 is 11.1 Å². The van der Waals surface area contributed by atoms with Crippen LogP contribution in [0.4, 0.5) is 0 Å². The van der Waals surface area contributed by atoms with Gasteiger partial charge in [-0.15, -0.1) is 0 Å². The molecule has 0 bridgehead atoms. The summed E-state index contributed by atoms with van der Waals surface area (Å²) in [6, 6.07) is 4.17. The molecule has 1 aromatic rings. The minimum atomic E-state index is 0.201. The summed E-state index contributed by atoms with van der Waals surface area (Å²) in [6.07, 6.45) is 5.09. The summed E-state index contributed by atoms with van der Waals surface area (Å²) in [5.74, 6) is 0.251. The number of pyridine rings is 1. The monoisotopic (exact) mass is 222 g/mol. The fourth-order valence-corrected chi connectivity index (χ4v) is 1.44. The van der Waals surface area contributed by atoms with Crippen LogP contribution in [0.1, 0.15) is 18.9 Å². The standard InChI is InChI=1S/C11H18N4O/c1-9(7-11(12)15-16)14-6-4-10-3-2-5-13-8-10/h2-3,5,8-9,14,16H,4,6-7H2,1H3,(H2,12,15). The lowest BCUT2D eigenvalue weighted by Crippen LogP contribution is -2.32. The molecule has 0 spiro atoms. The van der Waals surface area contributed by atoms with Crippen LogP contribution in [0.3, 0.4) is 0 Å². The fraction of sp³-hybridized carbons (Fsp3) is 0.455. The summed E-state index contributed by atoms with van der Waals surface area (Å²) in [5, 5.41) is 14.6. The number of nitrogens with two attached hydrogens (primary N) is 1. The summed E-state index contributed by atoms with van der Waals surface area (Å²) in [5.41, 5.74) is 6.61. The van der Waals surface area contributed by atoms with E-state index in [1.165, 1.54) is 5.56 Å². The maximum Gasteiger partial charge on any atom is 0.140 e. The number of hydrogen-bond acceptors (Lipinski definition) is 4. The molecule has 1 rings (SSSR count). The Hall–Kier alpha value is -1.62. The summed E-state index contributed by atoms with van der Waals surface area (Å²) >= 11 is 0. The van der Waals surface area contributed by atoms with E-state index in [1.54, 1.807) is 6.20 Å². The topological polar surface area (TPSA) is 83.5 Å². The average Bonchev–Trinajstić information content (AvgIpc) is 2.30. The van der Waals surface area contributed by atoms with Gasteiger partial charge in [0.05, 0.1) is 0 Å². The number of oxime groups is 1. The van der Waals surface area contributed by atoms with Crippen molar-refractivity contribution in [1.29, 1.82) is 0 Å². The van der Waals surface area contributed by atoms with Crippen molar-refractivity contribution >= 4 is 5.84 Å². The zero-order chi connectivity index (χ0) is 11.8. The van der Waals surface area contributed by atoms with Crippen LogP contribution in [-0.2, 0) is 6.42 Å². The van der Waals surface area contributed by atoms with Gasteiger partial charge >= 0.3 is 0 Å². The van der Waals surface area contributed by atoms with Gasteiger partial charge in [0, 0.05) is 24.9 Å². The maximum atomic E-state index is 8.41. The van der Waals surface area contributed by atoms with E-state index < -0.39 is 0 Å². The van der Waals surface area contributed by atoms with E-state index in [9.17, 15) is 0 Å². The van der Waals surface area contributed by atoms with Crippen molar-refractivity contribution in [3.63, 3.8) is 0 Å². The predicted molar refractivity (Wildman–Crippen MR) is 63.4 cm³/mol. The molecule has 4 N–H and O–H groups in total. The molecular formula is C11H18N4O. The van der Waals surface area contributed by atoms with Gasteiger partial charge in [0.15, 0.2) is 0 Å². The average molecular weight is 222 g/mol. The molecule has 0 aliphatic heterocycles. The van der Waals surface area contributed by atoms with Crippen molar-refractivity contribution in [1.82, 2.24) is 10.3 Å². The Kier molecular flexibility index (Phi) is 5.28. The van der Waals surface area contributed by atoms with Crippen LogP contribution in [0.2, 0.25) is 0 Å². The van der Waals surface area contributed by atoms with E-state index in [2.05, 4.69) is 15.5 Å². The first kappa shape index (κ1) is 12.4. The molecule has 0 saturated carbocycles. The first-order valence-corrected chi connectivity index (χ1v) is 5.31. The number of nitrogens with zero attached hydrogens (tertiary/aromatic N) is 2. The molecule has 0 radical (unpaired) electrons. The van der Waals surface area contributed by atoms with Gasteiger partial charge in [-0.05, 0) is 31.5 Å². The Morgan fingerprint density at radius 2 is 2.50 bits per heavy atom. The second-order valence-electron chi connectivity index (χ2n) is 3.76. The molecule has 1 unspecified atom stereocenters. The molecule has 5 nitrogen and oxygen atoms in total. The van der Waals surface area contributed by atoms with E-state index in [1.807, 2.05) is 25.3 Å². The molecule has 16 heavy (non-hydrogen) atoms. The molecule has 0 aliphatic rings. The largest absolute Gasteiger partial charge is 0.409 e. The quantitative estimate of drug-likeness (QED) is 0.287. The highest BCUT2D eigenvalue weighted by molar-refractivity contribution is 5.80. The van der Waals surface area contributed by atoms with Gasteiger partial charge < -0.3 is 16.3 Å². The Balaban J connectivity index is 2.21. The van der Waals surface area contributed by atoms with E-state index in [0.717, 1.165) is 13.0 Å². The van der Waals surface area contributed by atoms with Crippen molar-refractivity contribution in [3.05, 3.63) is 30.1 Å². The summed E-state index contributed by atoms with van der Waals surface area (Å²) in [7, 11) is 0. The van der Waals surface area contributed by atoms with Crippen molar-refractivity contribution < 1.29 is 5.21 Å². The smallest absolute Gasteiger partial charge is 0.140 e. The zero-order valence-corrected chi connectivity index (χ0v) is 9.43. The van der Waals surface area contributed by atoms with Gasteiger partial charge in [0.1, 0.15) is 5.84 Å². The minimum Gasteiger partial charge on any atom is -0.409 e. The summed E-state index contributed by atoms with van der Waals surface area (Å²) in [4.78, 5) is 4.04. The third kappa shape index (κ3) is 4.75. The van der Waals surface area contributed by atoms with Crippen LogP contribution in [-0.4, -0.2) is 28.6 Å². The van der Waals surface area contributed by atoms with Gasteiger partial charge in [-0.3, -0.25) is 4.98 Å². The lowest BCUT2D eigenvalue weighted by atomic mass is 10.2. The molecule has 1 aromatic heterocycles. The van der Waals surface area contributed by atoms with Gasteiger partial charge in [0.25, 0.3) is 0 Å². The molecule has 0 saturated heterocycles. The maximum absolute atomic E-state index is 8.41. The minimum absolute atomic E-state index is 0.201. The Labute approximate surface area is 95.4 Å². The third-order valence-electron chi connectivity index (χ3n) is 2.27. The highest BCUT2D eigenvalue weighted by Crippen LogP contribution is 1.97. The van der Waals surface area contributed by atoms with Gasteiger partial charge in [0.2, 0.25) is 0 Å². The SMILES string of the molecule is CC(CC(N)=NO)NCCc1cccnc1. The second kappa shape index (κ2) is 6.79. The van der Waals surface area contributed by atoms with E-state index in [4.69, 9.17) is 10.9 Å². The van der Waals surface area contributed by atoms with Crippen LogP contribution in [0, 0.1) is 0 Å². The van der Waals surface area contributed by atoms with E-state index in [-0.39, 0.29) is 11.9 Å². The van der Waals surface area contributed by atoms with Crippen molar-refractivity contribution in [2.45, 2.75) is 25.8 Å². The molecule has 1 heterocycles. The Bertz CT molecular complexity index is 326. The second-order valence-corrected chi connectivity index (χ2v) is 3.76. The number of hydrogen-bond donors (Lipinski definition) is 3. The van der Waals surface area contributed by atoms with Gasteiger partial charge in [-0.1, -0.05) is 11.2 Å². The number of aromatic nitrogens is 1. The van der Waals surface area contributed by atoms with Crippen molar-refractivity contribution in [2.24, 2.45) is 10.9 Å². The normalized spacial score (nSPS) is 13.7. The molecule has 0 aromatic carbocycles. The number of nitrogens with one attached hydrogen (secondary N) is 1. The fourth-order valence-electron chi connectivity index (χ4n) is 1.44.